The molecule has 3 heterocycles. The molecule has 1 aliphatic heterocycles. The van der Waals surface area contributed by atoms with Crippen LogP contribution in [0.25, 0.3) is 11.5 Å². The second kappa shape index (κ2) is 9.97. The summed E-state index contributed by atoms with van der Waals surface area (Å²) in [7, 11) is 0. The highest BCUT2D eigenvalue weighted by Gasteiger charge is 2.23. The molecule has 0 spiro atoms. The van der Waals surface area contributed by atoms with Gasteiger partial charge in [0.2, 0.25) is 17.7 Å². The van der Waals surface area contributed by atoms with Crippen molar-refractivity contribution in [3.8, 4) is 11.5 Å². The van der Waals surface area contributed by atoms with Gasteiger partial charge >= 0.3 is 0 Å². The minimum Gasteiger partial charge on any atom is -0.421 e. The molecule has 4 rings (SSSR count). The van der Waals surface area contributed by atoms with Gasteiger partial charge in [-0.15, -0.1) is 10.2 Å². The Kier molecular flexibility index (Phi) is 6.88. The number of amides is 1. The number of aromatic nitrogens is 2. The highest BCUT2D eigenvalue weighted by atomic mass is 32.1. The van der Waals surface area contributed by atoms with E-state index in [2.05, 4.69) is 51.6 Å². The second-order valence-corrected chi connectivity index (χ2v) is 8.18. The van der Waals surface area contributed by atoms with E-state index in [-0.39, 0.29) is 11.9 Å². The van der Waals surface area contributed by atoms with Crippen molar-refractivity contribution < 1.29 is 13.9 Å². The van der Waals surface area contributed by atoms with Gasteiger partial charge in [0.1, 0.15) is 0 Å². The molecule has 8 heteroatoms. The van der Waals surface area contributed by atoms with Gasteiger partial charge in [-0.05, 0) is 23.9 Å². The minimum atomic E-state index is -0.0174. The average molecular weight is 427 g/mol. The first kappa shape index (κ1) is 20.7. The SMILES string of the molecule is Cc1cccc(C(CNC(=O)CCc2nnc(-c3ccsc3)o2)N2CCOCC2)c1. The lowest BCUT2D eigenvalue weighted by atomic mass is 10.0. The average Bonchev–Trinajstić information content (AvgIpc) is 3.45. The molecule has 1 unspecified atom stereocenters. The normalized spacial score (nSPS) is 15.8. The van der Waals surface area contributed by atoms with Gasteiger partial charge < -0.3 is 14.5 Å². The Morgan fingerprint density at radius 1 is 1.27 bits per heavy atom. The maximum atomic E-state index is 12.5. The van der Waals surface area contributed by atoms with Crippen LogP contribution in [0.5, 0.6) is 0 Å². The lowest BCUT2D eigenvalue weighted by Gasteiger charge is -2.35. The number of hydrogen-bond acceptors (Lipinski definition) is 7. The number of benzene rings is 1. The van der Waals surface area contributed by atoms with Crippen molar-refractivity contribution in [3.05, 3.63) is 58.1 Å². The van der Waals surface area contributed by atoms with E-state index >= 15 is 0 Å². The Hall–Kier alpha value is -2.55. The monoisotopic (exact) mass is 426 g/mol. The number of nitrogens with zero attached hydrogens (tertiary/aromatic N) is 3. The van der Waals surface area contributed by atoms with Crippen LogP contribution >= 0.6 is 11.3 Å². The predicted octanol–water partition coefficient (Wildman–Crippen LogP) is 3.23. The van der Waals surface area contributed by atoms with Gasteiger partial charge in [-0.3, -0.25) is 9.69 Å². The highest BCUT2D eigenvalue weighted by Crippen LogP contribution is 2.23. The molecule has 1 saturated heterocycles. The summed E-state index contributed by atoms with van der Waals surface area (Å²) in [5.41, 5.74) is 3.35. The van der Waals surface area contributed by atoms with Crippen molar-refractivity contribution in [3.63, 3.8) is 0 Å². The summed E-state index contributed by atoms with van der Waals surface area (Å²) in [6.45, 7) is 5.82. The third-order valence-electron chi connectivity index (χ3n) is 5.21. The molecule has 0 radical (unpaired) electrons. The predicted molar refractivity (Wildman–Crippen MR) is 115 cm³/mol. The highest BCUT2D eigenvalue weighted by molar-refractivity contribution is 7.08. The van der Waals surface area contributed by atoms with E-state index in [1.165, 1.54) is 11.1 Å². The number of carbonyl (C=O) groups is 1. The molecule has 1 amide bonds. The second-order valence-electron chi connectivity index (χ2n) is 7.40. The van der Waals surface area contributed by atoms with Crippen molar-refractivity contribution in [2.24, 2.45) is 0 Å². The maximum Gasteiger partial charge on any atom is 0.248 e. The maximum absolute atomic E-state index is 12.5. The lowest BCUT2D eigenvalue weighted by molar-refractivity contribution is -0.121. The van der Waals surface area contributed by atoms with E-state index in [0.29, 0.717) is 31.2 Å². The van der Waals surface area contributed by atoms with Gasteiger partial charge in [-0.1, -0.05) is 29.8 Å². The van der Waals surface area contributed by atoms with E-state index in [4.69, 9.17) is 9.15 Å². The summed E-state index contributed by atoms with van der Waals surface area (Å²) in [4.78, 5) is 14.9. The fourth-order valence-electron chi connectivity index (χ4n) is 3.60. The summed E-state index contributed by atoms with van der Waals surface area (Å²) >= 11 is 1.58. The zero-order valence-electron chi connectivity index (χ0n) is 17.0. The molecular formula is C22H26N4O3S. The first-order valence-electron chi connectivity index (χ1n) is 10.2. The van der Waals surface area contributed by atoms with Crippen LogP contribution < -0.4 is 5.32 Å². The molecule has 1 N–H and O–H groups in total. The van der Waals surface area contributed by atoms with E-state index in [1.807, 2.05) is 16.8 Å². The molecule has 1 aliphatic rings. The van der Waals surface area contributed by atoms with E-state index in [1.54, 1.807) is 11.3 Å². The van der Waals surface area contributed by atoms with Gasteiger partial charge in [0.05, 0.1) is 19.3 Å². The van der Waals surface area contributed by atoms with E-state index in [9.17, 15) is 4.79 Å². The third kappa shape index (κ3) is 5.33. The number of ether oxygens (including phenoxy) is 1. The van der Waals surface area contributed by atoms with Crippen molar-refractivity contribution in [1.29, 1.82) is 0 Å². The number of morpholine rings is 1. The molecular weight excluding hydrogens is 400 g/mol. The molecule has 0 saturated carbocycles. The van der Waals surface area contributed by atoms with Gasteiger partial charge in [0.15, 0.2) is 0 Å². The zero-order valence-corrected chi connectivity index (χ0v) is 17.9. The molecule has 30 heavy (non-hydrogen) atoms. The number of thiophene rings is 1. The Morgan fingerprint density at radius 3 is 2.90 bits per heavy atom. The largest absolute Gasteiger partial charge is 0.421 e. The van der Waals surface area contributed by atoms with Gasteiger partial charge in [-0.25, -0.2) is 0 Å². The summed E-state index contributed by atoms with van der Waals surface area (Å²) in [5.74, 6) is 0.962. The molecule has 2 aromatic heterocycles. The van der Waals surface area contributed by atoms with E-state index < -0.39 is 0 Å². The molecule has 7 nitrogen and oxygen atoms in total. The van der Waals surface area contributed by atoms with Crippen LogP contribution in [-0.4, -0.2) is 53.9 Å². The molecule has 3 aromatic rings. The number of carbonyl (C=O) groups excluding carboxylic acids is 1. The van der Waals surface area contributed by atoms with Crippen LogP contribution in [0.4, 0.5) is 0 Å². The Morgan fingerprint density at radius 2 is 2.13 bits per heavy atom. The van der Waals surface area contributed by atoms with Crippen LogP contribution in [0, 0.1) is 6.92 Å². The molecule has 1 fully saturated rings. The molecule has 0 aliphatic carbocycles. The van der Waals surface area contributed by atoms with E-state index in [0.717, 1.165) is 31.9 Å². The van der Waals surface area contributed by atoms with Crippen molar-refractivity contribution in [2.75, 3.05) is 32.8 Å². The lowest BCUT2D eigenvalue weighted by Crippen LogP contribution is -2.43. The summed E-state index contributed by atoms with van der Waals surface area (Å²) in [5, 5.41) is 15.1. The molecule has 1 aromatic carbocycles. The van der Waals surface area contributed by atoms with Crippen LogP contribution in [0.15, 0.2) is 45.5 Å². The van der Waals surface area contributed by atoms with Crippen molar-refractivity contribution in [2.45, 2.75) is 25.8 Å². The van der Waals surface area contributed by atoms with Crippen molar-refractivity contribution >= 4 is 17.2 Å². The Bertz CT molecular complexity index is 951. The minimum absolute atomic E-state index is 0.0174. The summed E-state index contributed by atoms with van der Waals surface area (Å²) < 4.78 is 11.2. The topological polar surface area (TPSA) is 80.5 Å². The van der Waals surface area contributed by atoms with Crippen LogP contribution in [0.3, 0.4) is 0 Å². The van der Waals surface area contributed by atoms with Crippen LogP contribution in [-0.2, 0) is 16.0 Å². The zero-order chi connectivity index (χ0) is 20.8. The van der Waals surface area contributed by atoms with Gasteiger partial charge in [-0.2, -0.15) is 11.3 Å². The smallest absolute Gasteiger partial charge is 0.248 e. The molecule has 158 valence electrons. The first-order chi connectivity index (χ1) is 14.7. The van der Waals surface area contributed by atoms with Gasteiger partial charge in [0.25, 0.3) is 0 Å². The fourth-order valence-corrected chi connectivity index (χ4v) is 4.23. The Labute approximate surface area is 180 Å². The van der Waals surface area contributed by atoms with Crippen LogP contribution in [0.2, 0.25) is 0 Å². The number of aryl methyl sites for hydroxylation is 2. The third-order valence-corrected chi connectivity index (χ3v) is 5.89. The number of hydrogen-bond donors (Lipinski definition) is 1. The Balaban J connectivity index is 1.33. The summed E-state index contributed by atoms with van der Waals surface area (Å²) in [6, 6.07) is 10.5. The first-order valence-corrected chi connectivity index (χ1v) is 11.1. The standard InChI is InChI=1S/C22H26N4O3S/c1-16-3-2-4-17(13-16)19(26-8-10-28-11-9-26)14-23-20(27)5-6-21-24-25-22(29-21)18-7-12-30-15-18/h2-4,7,12-13,15,19H,5-6,8-11,14H2,1H3,(H,23,27). The van der Waals surface area contributed by atoms with Gasteiger partial charge in [0, 0.05) is 43.4 Å². The molecule has 1 atom stereocenters. The number of nitrogens with one attached hydrogen (secondary N) is 1. The summed E-state index contributed by atoms with van der Waals surface area (Å²) in [6.07, 6.45) is 0.741. The number of rotatable bonds is 8. The van der Waals surface area contributed by atoms with Crippen molar-refractivity contribution in [1.82, 2.24) is 20.4 Å². The fraction of sp³-hybridized carbons (Fsp3) is 0.409. The molecule has 0 bridgehead atoms. The quantitative estimate of drug-likeness (QED) is 0.596. The van der Waals surface area contributed by atoms with Crippen LogP contribution in [0.1, 0.15) is 29.5 Å².